The van der Waals surface area contributed by atoms with Gasteiger partial charge in [0.15, 0.2) is 12.6 Å². The Hall–Kier alpha value is -0.870. The van der Waals surface area contributed by atoms with Crippen LogP contribution in [-0.2, 0) is 42.9 Å². The van der Waals surface area contributed by atoms with E-state index in [9.17, 15) is 14.4 Å². The Kier molecular flexibility index (Phi) is 38.6. The largest absolute Gasteiger partial charge is 0.480 e. The highest BCUT2D eigenvalue weighted by atomic mass is 127. The number of carbonyl (C=O) groups excluding carboxylic acids is 3. The summed E-state index contributed by atoms with van der Waals surface area (Å²) in [6, 6.07) is -0.763. The highest BCUT2D eigenvalue weighted by Gasteiger charge is 2.18. The molecule has 1 atom stereocenters. The first kappa shape index (κ1) is 40.6. The van der Waals surface area contributed by atoms with Crippen LogP contribution in [0.2, 0.25) is 1.41 Å². The molecule has 0 aromatic rings. The average molecular weight is 770 g/mol. The van der Waals surface area contributed by atoms with Gasteiger partial charge in [-0.05, 0) is 39.1 Å². The Bertz CT molecular complexity index is 626. The summed E-state index contributed by atoms with van der Waals surface area (Å²) in [5.74, 6) is -3.07. The number of halogens is 2. The summed E-state index contributed by atoms with van der Waals surface area (Å²) in [5.41, 5.74) is 9.83. The van der Waals surface area contributed by atoms with Gasteiger partial charge >= 0.3 is 18.1 Å². The van der Waals surface area contributed by atoms with Crippen molar-refractivity contribution >= 4 is 69.3 Å². The Morgan fingerprint density at radius 3 is 1.73 bits per heavy atom. The molecule has 0 spiro atoms. The van der Waals surface area contributed by atoms with Gasteiger partial charge in [0.2, 0.25) is 5.78 Å². The molecule has 2 aliphatic rings. The number of Topliss-reactive ketones (excluding diaryl/α,β-unsaturated/α-hetero) is 1. The van der Waals surface area contributed by atoms with Crippen LogP contribution in [0.5, 0.6) is 0 Å². The second-order valence-corrected chi connectivity index (χ2v) is 7.53. The van der Waals surface area contributed by atoms with E-state index in [0.29, 0.717) is 45.7 Å². The molecule has 2 fully saturated rings. The first-order chi connectivity index (χ1) is 17.5. The van der Waals surface area contributed by atoms with Gasteiger partial charge in [-0.15, -0.1) is 0 Å². The molecule has 10 N–H and O–H groups in total. The second-order valence-electron chi connectivity index (χ2n) is 6.16. The van der Waals surface area contributed by atoms with Crippen molar-refractivity contribution in [2.24, 2.45) is 11.5 Å². The Morgan fingerprint density at radius 2 is 1.43 bits per heavy atom. The maximum Gasteiger partial charge on any atom is 0.373 e. The molecule has 2 aliphatic heterocycles. The molecule has 0 amide bonds. The lowest BCUT2D eigenvalue weighted by atomic mass is 10.1. The zero-order valence-electron chi connectivity index (χ0n) is 21.9. The van der Waals surface area contributed by atoms with E-state index in [-0.39, 0.29) is 45.8 Å². The molecule has 0 aliphatic carbocycles. The number of hydrogen-bond donors (Lipinski definition) is 6. The zero-order valence-corrected chi connectivity index (χ0v) is 24.2. The smallest absolute Gasteiger partial charge is 0.373 e. The second kappa shape index (κ2) is 35.1. The molecule has 2 heterocycles. The van der Waals surface area contributed by atoms with Crippen molar-refractivity contribution in [3.8, 4) is 0 Å². The van der Waals surface area contributed by atoms with Crippen LogP contribution in [-0.4, -0.2) is 90.7 Å². The van der Waals surface area contributed by atoms with Crippen LogP contribution in [0.15, 0.2) is 0 Å². The summed E-state index contributed by atoms with van der Waals surface area (Å²) in [5, 5.41) is 16.7. The molecule has 17 heteroatoms. The number of rotatable bonds is 11. The normalized spacial score (nSPS) is 15.4. The van der Waals surface area contributed by atoms with Crippen molar-refractivity contribution in [2.75, 3.05) is 38.0 Å². The topological polar surface area (TPSA) is 262 Å². The summed E-state index contributed by atoms with van der Waals surface area (Å²) in [4.78, 5) is 47.3. The molecule has 37 heavy (non-hydrogen) atoms. The van der Waals surface area contributed by atoms with Crippen LogP contribution in [0.1, 0.15) is 47.3 Å². The third-order valence-electron chi connectivity index (χ3n) is 3.78. The highest BCUT2D eigenvalue weighted by molar-refractivity contribution is 14.1. The van der Waals surface area contributed by atoms with E-state index in [1.54, 1.807) is 0 Å². The Morgan fingerprint density at radius 1 is 1.08 bits per heavy atom. The summed E-state index contributed by atoms with van der Waals surface area (Å²) >= 11 is 4.01. The van der Waals surface area contributed by atoms with E-state index in [0.717, 1.165) is 17.4 Å². The monoisotopic (exact) mass is 770 g/mol. The average Bonchev–Trinajstić information content (AvgIpc) is 3.55. The van der Waals surface area contributed by atoms with Gasteiger partial charge in [0.05, 0.1) is 31.0 Å². The lowest BCUT2D eigenvalue weighted by Gasteiger charge is -2.09. The van der Waals surface area contributed by atoms with Crippen LogP contribution in [0.4, 0.5) is 0 Å². The fourth-order valence-corrected chi connectivity index (χ4v) is 2.31. The Labute approximate surface area is 248 Å². The first-order valence-corrected chi connectivity index (χ1v) is 12.7. The molecule has 2 saturated heterocycles. The van der Waals surface area contributed by atoms with E-state index in [4.69, 9.17) is 47.3 Å². The van der Waals surface area contributed by atoms with Gasteiger partial charge in [-0.1, -0.05) is 30.0 Å². The number of ketones is 1. The van der Waals surface area contributed by atoms with Gasteiger partial charge in [0, 0.05) is 30.7 Å². The van der Waals surface area contributed by atoms with Crippen LogP contribution in [0, 0.1) is 0 Å². The first-order valence-electron chi connectivity index (χ1n) is 11.3. The molecule has 2 rings (SSSR count). The molecule has 222 valence electrons. The van der Waals surface area contributed by atoms with E-state index in [1.165, 1.54) is 3.52 Å². The quantitative estimate of drug-likeness (QED) is 0.0568. The van der Waals surface area contributed by atoms with Gasteiger partial charge in [-0.25, -0.2) is 4.79 Å². The van der Waals surface area contributed by atoms with E-state index in [2.05, 4.69) is 28.3 Å². The molecular weight excluding hydrogens is 726 g/mol. The van der Waals surface area contributed by atoms with Crippen LogP contribution < -0.4 is 21.1 Å². The van der Waals surface area contributed by atoms with Crippen LogP contribution >= 0.6 is 45.5 Å². The maximum absolute atomic E-state index is 10.6. The Balaban J connectivity index is -0.000000139. The fraction of sp³-hybridized carbons (Fsp3) is 0.800. The predicted molar refractivity (Wildman–Crippen MR) is 150 cm³/mol. The van der Waals surface area contributed by atoms with Crippen molar-refractivity contribution in [3.05, 3.63) is 0 Å². The van der Waals surface area contributed by atoms with Gasteiger partial charge in [-0.3, -0.25) is 13.1 Å². The number of carboxylic acid groups (broad SMARTS) is 2. The molecule has 0 unspecified atom stereocenters. The number of alkyl halides is 1. The predicted octanol–water partition coefficient (Wildman–Crippen LogP) is 1.23. The molecule has 0 radical (unpaired) electrons. The van der Waals surface area contributed by atoms with Gasteiger partial charge < -0.3 is 46.8 Å². The molecule has 15 nitrogen and oxygen atoms in total. The minimum Gasteiger partial charge on any atom is -0.480 e. The minimum absolute atomic E-state index is 0. The molecule has 0 saturated carbocycles. The highest BCUT2D eigenvalue weighted by Crippen LogP contribution is 2.12. The summed E-state index contributed by atoms with van der Waals surface area (Å²) in [7, 11) is 0. The van der Waals surface area contributed by atoms with Crippen LogP contribution in [0.25, 0.3) is 0 Å². The lowest BCUT2D eigenvalue weighted by molar-refractivity contribution is -0.191. The fourth-order valence-electron chi connectivity index (χ4n) is 2.31. The lowest BCUT2D eigenvalue weighted by Crippen LogP contribution is -2.30. The molecule has 0 bridgehead atoms. The van der Waals surface area contributed by atoms with Crippen molar-refractivity contribution in [1.29, 1.82) is 0 Å². The third-order valence-corrected chi connectivity index (χ3v) is 5.77. The van der Waals surface area contributed by atoms with Crippen molar-refractivity contribution in [2.45, 2.75) is 64.6 Å². The summed E-state index contributed by atoms with van der Waals surface area (Å²) in [6.07, 6.45) is 2.90. The number of carbonyl (C=O) groups is 3. The maximum atomic E-state index is 10.6. The van der Waals surface area contributed by atoms with Crippen LogP contribution in [0.3, 0.4) is 0 Å². The third kappa shape index (κ3) is 33.1. The standard InChI is InChI=1S/C8H15NO4.C8H12O5.CH3I2N.CH5N.CO2.CH4.H3N/c2*9-6(8(10)11)2-1-3-7-12-4-5-13-7;2-1-4-3;1-2;2-1-3;;/h6-7H,1-5,9H2,(H,10,11);7H,1-5H2,(H,10,11);4H,1H2;2H2,1H3;;1H4;1H3/t6-;;;;;;/m0....../s1/i;;;1D;;;/hD. The number of aliphatic carboxylic acids is 2. The van der Waals surface area contributed by atoms with E-state index >= 15 is 0 Å². The summed E-state index contributed by atoms with van der Waals surface area (Å²) in [6.45, 7) is 2.43. The zero-order chi connectivity index (χ0) is 29.1. The van der Waals surface area contributed by atoms with Crippen molar-refractivity contribution in [3.63, 3.8) is 0 Å². The molecule has 0 aromatic carbocycles. The van der Waals surface area contributed by atoms with Crippen molar-refractivity contribution < 1.29 is 55.9 Å². The number of nitrogens with one attached hydrogen (secondary N) is 1. The number of nitrogens with two attached hydrogens (primary N) is 2. The number of hydrogen-bond acceptors (Lipinski definition) is 13. The SMILES string of the molecule is C.N.N[C@@H](CCCC1OCCO1)C(=O)O.O=C(O)C(=O)CCCC1OCCO1.O=C=O.[2H]CN.[2H]N(I)CI. The van der Waals surface area contributed by atoms with Gasteiger partial charge in [-0.2, -0.15) is 9.59 Å². The van der Waals surface area contributed by atoms with Gasteiger partial charge in [0.25, 0.3) is 0 Å². The number of ether oxygens (including phenoxy) is 4. The van der Waals surface area contributed by atoms with Gasteiger partial charge in [0.1, 0.15) is 7.45 Å². The van der Waals surface area contributed by atoms with E-state index < -0.39 is 23.8 Å². The van der Waals surface area contributed by atoms with E-state index in [1.807, 2.05) is 22.9 Å². The van der Waals surface area contributed by atoms with Crippen molar-refractivity contribution in [1.82, 2.24) is 9.67 Å². The molecular formula is C20H42I2N4O11. The minimum atomic E-state index is -1.37. The molecule has 0 aromatic heterocycles. The number of carboxylic acids is 2. The summed E-state index contributed by atoms with van der Waals surface area (Å²) < 4.78 is 35.3.